The van der Waals surface area contributed by atoms with Crippen LogP contribution in [0, 0.1) is 12.8 Å². The van der Waals surface area contributed by atoms with Crippen molar-refractivity contribution in [1.82, 2.24) is 20.5 Å². The number of halogens is 1. The number of rotatable bonds is 6. The number of pyridine rings is 1. The number of aromatic amines is 1. The van der Waals surface area contributed by atoms with Crippen molar-refractivity contribution < 1.29 is 4.74 Å². The molecule has 0 bridgehead atoms. The molecular weight excluding hydrogens is 276 g/mol. The molecule has 0 unspecified atom stereocenters. The molecule has 0 aliphatic rings. The van der Waals surface area contributed by atoms with Gasteiger partial charge < -0.3 is 10.1 Å². The van der Waals surface area contributed by atoms with Crippen LogP contribution in [0.3, 0.4) is 0 Å². The maximum absolute atomic E-state index is 6.14. The number of nitrogens with zero attached hydrogens (tertiary/aromatic N) is 2. The molecule has 0 saturated heterocycles. The van der Waals surface area contributed by atoms with Gasteiger partial charge >= 0.3 is 0 Å². The van der Waals surface area contributed by atoms with E-state index in [-0.39, 0.29) is 0 Å². The molecule has 0 atom stereocenters. The van der Waals surface area contributed by atoms with Crippen LogP contribution < -0.4 is 10.1 Å². The SMILES string of the molecule is Cc1cc(Oc2cc(CNCC(C)C)c(Cl)cn2)n[nH]1. The van der Waals surface area contributed by atoms with Crippen LogP contribution in [-0.2, 0) is 6.54 Å². The largest absolute Gasteiger partial charge is 0.419 e. The van der Waals surface area contributed by atoms with E-state index in [1.807, 2.05) is 19.1 Å². The highest BCUT2D eigenvalue weighted by atomic mass is 35.5. The second-order valence-electron chi connectivity index (χ2n) is 5.13. The fourth-order valence-electron chi connectivity index (χ4n) is 1.70. The van der Waals surface area contributed by atoms with E-state index in [2.05, 4.69) is 34.3 Å². The van der Waals surface area contributed by atoms with Gasteiger partial charge in [0.2, 0.25) is 11.8 Å². The van der Waals surface area contributed by atoms with Gasteiger partial charge in [-0.1, -0.05) is 25.4 Å². The predicted octanol–water partition coefficient (Wildman–Crippen LogP) is 3.30. The Bertz CT molecular complexity index is 568. The zero-order valence-electron chi connectivity index (χ0n) is 11.9. The molecule has 2 heterocycles. The summed E-state index contributed by atoms with van der Waals surface area (Å²) in [6.45, 7) is 7.87. The van der Waals surface area contributed by atoms with Crippen molar-refractivity contribution in [2.45, 2.75) is 27.3 Å². The molecule has 0 amide bonds. The predicted molar refractivity (Wildman–Crippen MR) is 79.2 cm³/mol. The topological polar surface area (TPSA) is 62.8 Å². The highest BCUT2D eigenvalue weighted by Crippen LogP contribution is 2.23. The van der Waals surface area contributed by atoms with E-state index in [0.717, 1.165) is 17.8 Å². The molecule has 2 N–H and O–H groups in total. The van der Waals surface area contributed by atoms with E-state index in [4.69, 9.17) is 16.3 Å². The van der Waals surface area contributed by atoms with Crippen LogP contribution in [0.4, 0.5) is 0 Å². The molecule has 2 aromatic heterocycles. The molecule has 0 radical (unpaired) electrons. The van der Waals surface area contributed by atoms with Gasteiger partial charge in [0.25, 0.3) is 0 Å². The molecule has 2 rings (SSSR count). The second-order valence-corrected chi connectivity index (χ2v) is 5.54. The van der Waals surface area contributed by atoms with Gasteiger partial charge in [0.1, 0.15) is 0 Å². The summed E-state index contributed by atoms with van der Waals surface area (Å²) in [7, 11) is 0. The Labute approximate surface area is 123 Å². The molecule has 0 spiro atoms. The van der Waals surface area contributed by atoms with Gasteiger partial charge in [-0.05, 0) is 24.9 Å². The average Bonchev–Trinajstić information content (AvgIpc) is 2.78. The van der Waals surface area contributed by atoms with E-state index in [0.29, 0.717) is 29.2 Å². The number of H-pyrrole nitrogens is 1. The van der Waals surface area contributed by atoms with Gasteiger partial charge in [-0.3, -0.25) is 5.10 Å². The first-order chi connectivity index (χ1) is 9.54. The van der Waals surface area contributed by atoms with Crippen molar-refractivity contribution in [1.29, 1.82) is 0 Å². The summed E-state index contributed by atoms with van der Waals surface area (Å²) in [4.78, 5) is 4.15. The molecule has 6 heteroatoms. The lowest BCUT2D eigenvalue weighted by molar-refractivity contribution is 0.442. The molecular formula is C14H19ClN4O. The molecule has 0 saturated carbocycles. The third kappa shape index (κ3) is 4.21. The zero-order valence-corrected chi connectivity index (χ0v) is 12.7. The fraction of sp³-hybridized carbons (Fsp3) is 0.429. The Morgan fingerprint density at radius 1 is 1.35 bits per heavy atom. The van der Waals surface area contributed by atoms with Gasteiger partial charge in [0.15, 0.2) is 0 Å². The number of hydrogen-bond acceptors (Lipinski definition) is 4. The summed E-state index contributed by atoms with van der Waals surface area (Å²) in [5, 5.41) is 10.8. The monoisotopic (exact) mass is 294 g/mol. The second kappa shape index (κ2) is 6.72. The summed E-state index contributed by atoms with van der Waals surface area (Å²) < 4.78 is 5.58. The quantitative estimate of drug-likeness (QED) is 0.858. The van der Waals surface area contributed by atoms with Gasteiger partial charge in [0, 0.05) is 30.6 Å². The van der Waals surface area contributed by atoms with Crippen LogP contribution in [0.15, 0.2) is 18.3 Å². The fourth-order valence-corrected chi connectivity index (χ4v) is 1.87. The summed E-state index contributed by atoms with van der Waals surface area (Å²) in [6, 6.07) is 3.65. The first-order valence-corrected chi connectivity index (χ1v) is 6.97. The van der Waals surface area contributed by atoms with Crippen LogP contribution in [0.1, 0.15) is 25.1 Å². The maximum Gasteiger partial charge on any atom is 0.240 e. The minimum atomic E-state index is 0.488. The molecule has 0 aromatic carbocycles. The van der Waals surface area contributed by atoms with Crippen LogP contribution >= 0.6 is 11.6 Å². The minimum Gasteiger partial charge on any atom is -0.419 e. The normalized spacial score (nSPS) is 11.1. The number of nitrogens with one attached hydrogen (secondary N) is 2. The highest BCUT2D eigenvalue weighted by molar-refractivity contribution is 6.31. The van der Waals surface area contributed by atoms with Crippen molar-refractivity contribution >= 4 is 11.6 Å². The summed E-state index contributed by atoms with van der Waals surface area (Å²) >= 11 is 6.14. The standard InChI is InChI=1S/C14H19ClN4O/c1-9(2)6-16-7-11-5-13(17-8-12(11)15)20-14-4-10(3)18-19-14/h4-5,8-9,16H,6-7H2,1-3H3,(H,18,19). The third-order valence-electron chi connectivity index (χ3n) is 2.67. The Balaban J connectivity index is 2.03. The smallest absolute Gasteiger partial charge is 0.240 e. The van der Waals surface area contributed by atoms with E-state index >= 15 is 0 Å². The molecule has 108 valence electrons. The number of ether oxygens (including phenoxy) is 1. The van der Waals surface area contributed by atoms with Crippen LogP contribution in [-0.4, -0.2) is 21.7 Å². The Morgan fingerprint density at radius 3 is 2.80 bits per heavy atom. The summed E-state index contributed by atoms with van der Waals surface area (Å²) in [6.07, 6.45) is 1.60. The number of aromatic nitrogens is 3. The van der Waals surface area contributed by atoms with Crippen molar-refractivity contribution in [2.75, 3.05) is 6.54 Å². The van der Waals surface area contributed by atoms with Crippen molar-refractivity contribution in [2.24, 2.45) is 5.92 Å². The molecule has 0 aliphatic carbocycles. The zero-order chi connectivity index (χ0) is 14.5. The van der Waals surface area contributed by atoms with E-state index in [1.165, 1.54) is 0 Å². The Kier molecular flexibility index (Phi) is 4.98. The van der Waals surface area contributed by atoms with Gasteiger partial charge in [-0.15, -0.1) is 5.10 Å². The van der Waals surface area contributed by atoms with E-state index in [1.54, 1.807) is 6.20 Å². The lowest BCUT2D eigenvalue weighted by Crippen LogP contribution is -2.19. The lowest BCUT2D eigenvalue weighted by Gasteiger charge is -2.10. The number of aryl methyl sites for hydroxylation is 1. The van der Waals surface area contributed by atoms with Crippen LogP contribution in [0.25, 0.3) is 0 Å². The van der Waals surface area contributed by atoms with Gasteiger partial charge in [-0.2, -0.15) is 0 Å². The maximum atomic E-state index is 6.14. The van der Waals surface area contributed by atoms with Crippen LogP contribution in [0.2, 0.25) is 5.02 Å². The highest BCUT2D eigenvalue weighted by Gasteiger charge is 2.07. The van der Waals surface area contributed by atoms with E-state index < -0.39 is 0 Å². The molecule has 0 aliphatic heterocycles. The van der Waals surface area contributed by atoms with Crippen LogP contribution in [0.5, 0.6) is 11.8 Å². The molecule has 2 aromatic rings. The molecule has 20 heavy (non-hydrogen) atoms. The van der Waals surface area contributed by atoms with Crippen molar-refractivity contribution in [3.63, 3.8) is 0 Å². The Hall–Kier alpha value is -1.59. The van der Waals surface area contributed by atoms with Crippen molar-refractivity contribution in [3.05, 3.63) is 34.6 Å². The Morgan fingerprint density at radius 2 is 2.15 bits per heavy atom. The van der Waals surface area contributed by atoms with Crippen molar-refractivity contribution in [3.8, 4) is 11.8 Å². The summed E-state index contributed by atoms with van der Waals surface area (Å²) in [5.74, 6) is 1.58. The van der Waals surface area contributed by atoms with Gasteiger partial charge in [0.05, 0.1) is 5.02 Å². The lowest BCUT2D eigenvalue weighted by atomic mass is 10.2. The average molecular weight is 295 g/mol. The first kappa shape index (κ1) is 14.8. The molecule has 0 fully saturated rings. The molecule has 5 nitrogen and oxygen atoms in total. The third-order valence-corrected chi connectivity index (χ3v) is 3.01. The first-order valence-electron chi connectivity index (χ1n) is 6.59. The minimum absolute atomic E-state index is 0.488. The number of hydrogen-bond donors (Lipinski definition) is 2. The summed E-state index contributed by atoms with van der Waals surface area (Å²) in [5.41, 5.74) is 1.90. The van der Waals surface area contributed by atoms with Gasteiger partial charge in [-0.25, -0.2) is 4.98 Å². The van der Waals surface area contributed by atoms with E-state index in [9.17, 15) is 0 Å².